The van der Waals surface area contributed by atoms with E-state index in [1.807, 2.05) is 34.6 Å². The van der Waals surface area contributed by atoms with Gasteiger partial charge in [0.25, 0.3) is 0 Å². The molecule has 0 saturated carbocycles. The molecule has 1 aliphatic heterocycles. The Balaban J connectivity index is 2.94. The summed E-state index contributed by atoms with van der Waals surface area (Å²) in [4.78, 5) is 12.4. The molecule has 0 amide bonds. The fraction of sp³-hybridized carbons (Fsp3) is 0.885. The van der Waals surface area contributed by atoms with Gasteiger partial charge in [0.2, 0.25) is 0 Å². The number of carbonyl (C=O) groups excluding carboxylic acids is 1. The van der Waals surface area contributed by atoms with Crippen molar-refractivity contribution in [2.75, 3.05) is 0 Å². The van der Waals surface area contributed by atoms with Gasteiger partial charge >= 0.3 is 197 Å². The molecule has 182 valence electrons. The van der Waals surface area contributed by atoms with Crippen molar-refractivity contribution in [1.82, 2.24) is 0 Å². The molecule has 0 aromatic rings. The van der Waals surface area contributed by atoms with E-state index in [1.165, 1.54) is 51.8 Å². The molecule has 0 spiro atoms. The summed E-state index contributed by atoms with van der Waals surface area (Å²) < 4.78 is 24.9. The first-order chi connectivity index (χ1) is 14.4. The van der Waals surface area contributed by atoms with Crippen molar-refractivity contribution in [3.05, 3.63) is 10.2 Å². The number of hydrogen-bond acceptors (Lipinski definition) is 4. The molecule has 0 radical (unpaired) electrons. The molecule has 0 bridgehead atoms. The van der Waals surface area contributed by atoms with Gasteiger partial charge in [-0.3, -0.25) is 0 Å². The SMILES string of the molecule is CCC[CH2][Sn]([CH]=C[C@@H]1C[C@H](CC(=O)OC(C)(C)C)OC(C)(C)O1)([CH2]CCC)[CH2]CCC. The summed E-state index contributed by atoms with van der Waals surface area (Å²) in [7, 11) is 0. The third kappa shape index (κ3) is 12.1. The third-order valence-electron chi connectivity index (χ3n) is 5.94. The van der Waals surface area contributed by atoms with E-state index in [-0.39, 0.29) is 24.6 Å². The monoisotopic (exact) mass is 546 g/mol. The first-order valence-electron chi connectivity index (χ1n) is 12.7. The number of unbranched alkanes of at least 4 members (excludes halogenated alkanes) is 3. The van der Waals surface area contributed by atoms with E-state index in [0.717, 1.165) is 6.42 Å². The van der Waals surface area contributed by atoms with Crippen molar-refractivity contribution in [3.8, 4) is 0 Å². The predicted molar refractivity (Wildman–Crippen MR) is 133 cm³/mol. The molecule has 31 heavy (non-hydrogen) atoms. The fourth-order valence-corrected chi connectivity index (χ4v) is 18.9. The zero-order chi connectivity index (χ0) is 23.5. The van der Waals surface area contributed by atoms with Gasteiger partial charge in [0.1, 0.15) is 0 Å². The van der Waals surface area contributed by atoms with Crippen LogP contribution in [0.15, 0.2) is 10.2 Å². The second-order valence-electron chi connectivity index (χ2n) is 10.9. The quantitative estimate of drug-likeness (QED) is 0.177. The van der Waals surface area contributed by atoms with Gasteiger partial charge in [0, 0.05) is 0 Å². The second-order valence-corrected chi connectivity index (χ2v) is 23.9. The van der Waals surface area contributed by atoms with E-state index < -0.39 is 29.8 Å². The van der Waals surface area contributed by atoms with Crippen LogP contribution < -0.4 is 0 Å². The Kier molecular flexibility index (Phi) is 12.7. The number of hydrogen-bond donors (Lipinski definition) is 0. The summed E-state index contributed by atoms with van der Waals surface area (Å²) in [6, 6.07) is 0. The van der Waals surface area contributed by atoms with Crippen LogP contribution in [0.2, 0.25) is 13.3 Å². The first kappa shape index (κ1) is 29.0. The zero-order valence-electron chi connectivity index (χ0n) is 21.7. The third-order valence-corrected chi connectivity index (χ3v) is 20.1. The minimum atomic E-state index is -2.35. The van der Waals surface area contributed by atoms with Crippen LogP contribution in [0.3, 0.4) is 0 Å². The van der Waals surface area contributed by atoms with Gasteiger partial charge in [0.05, 0.1) is 0 Å². The molecule has 0 aromatic heterocycles. The maximum absolute atomic E-state index is 12.4. The Bertz CT molecular complexity index is 528. The molecular weight excluding hydrogens is 495 g/mol. The Hall–Kier alpha value is -0.0713. The molecule has 1 fully saturated rings. The summed E-state index contributed by atoms with van der Waals surface area (Å²) in [6.07, 6.45) is 11.1. The molecule has 2 atom stereocenters. The molecular formula is C26H50O4Sn. The van der Waals surface area contributed by atoms with Crippen LogP contribution in [0.25, 0.3) is 0 Å². The maximum atomic E-state index is 12.4. The molecule has 0 N–H and O–H groups in total. The number of ether oxygens (including phenoxy) is 3. The molecule has 5 heteroatoms. The Morgan fingerprint density at radius 3 is 1.97 bits per heavy atom. The summed E-state index contributed by atoms with van der Waals surface area (Å²) in [5.74, 6) is -0.880. The molecule has 1 heterocycles. The summed E-state index contributed by atoms with van der Waals surface area (Å²) in [5, 5.41) is 0. The van der Waals surface area contributed by atoms with Gasteiger partial charge in [-0.15, -0.1) is 0 Å². The Morgan fingerprint density at radius 2 is 1.52 bits per heavy atom. The van der Waals surface area contributed by atoms with E-state index in [0.29, 0.717) is 0 Å². The number of rotatable bonds is 13. The van der Waals surface area contributed by atoms with Crippen molar-refractivity contribution in [3.63, 3.8) is 0 Å². The van der Waals surface area contributed by atoms with Gasteiger partial charge in [-0.25, -0.2) is 0 Å². The van der Waals surface area contributed by atoms with Crippen LogP contribution in [0.1, 0.15) is 107 Å². The average Bonchev–Trinajstić information content (AvgIpc) is 2.64. The Morgan fingerprint density at radius 1 is 1.00 bits per heavy atom. The van der Waals surface area contributed by atoms with Crippen LogP contribution in [-0.2, 0) is 19.0 Å². The van der Waals surface area contributed by atoms with Crippen LogP contribution >= 0.6 is 0 Å². The van der Waals surface area contributed by atoms with E-state index >= 15 is 0 Å². The molecule has 0 aliphatic carbocycles. The Labute approximate surface area is 196 Å². The molecule has 0 aromatic carbocycles. The number of carbonyl (C=O) groups is 1. The first-order valence-corrected chi connectivity index (χ1v) is 20.4. The second kappa shape index (κ2) is 13.6. The fourth-order valence-electron chi connectivity index (χ4n) is 4.48. The van der Waals surface area contributed by atoms with E-state index in [9.17, 15) is 4.79 Å². The van der Waals surface area contributed by atoms with Gasteiger partial charge in [-0.2, -0.15) is 0 Å². The normalized spacial score (nSPS) is 22.1. The standard InChI is InChI=1S/C14H23O4.3C4H9.Sn/c1-7-10-8-11(17-14(5,6)16-10)9-12(15)18-13(2,3)4;3*1-3-4-2;/h1,7,10-11H,8-9H2,2-6H3;3*1,3-4H2,2H3;/t10-,11-;;;;/m1..../s1. The van der Waals surface area contributed by atoms with Gasteiger partial charge in [0.15, 0.2) is 0 Å². The molecule has 4 nitrogen and oxygen atoms in total. The van der Waals surface area contributed by atoms with Crippen molar-refractivity contribution in [1.29, 1.82) is 0 Å². The van der Waals surface area contributed by atoms with Crippen molar-refractivity contribution in [2.45, 2.75) is 144 Å². The molecule has 1 aliphatic rings. The van der Waals surface area contributed by atoms with Gasteiger partial charge in [-0.1, -0.05) is 0 Å². The summed E-state index contributed by atoms with van der Waals surface area (Å²) in [5.41, 5.74) is -0.469. The summed E-state index contributed by atoms with van der Waals surface area (Å²) in [6.45, 7) is 16.6. The van der Waals surface area contributed by atoms with Crippen molar-refractivity contribution < 1.29 is 19.0 Å². The van der Waals surface area contributed by atoms with E-state index in [4.69, 9.17) is 14.2 Å². The molecule has 0 unspecified atom stereocenters. The molecule has 1 saturated heterocycles. The summed E-state index contributed by atoms with van der Waals surface area (Å²) >= 11 is -2.35. The van der Waals surface area contributed by atoms with Crippen LogP contribution in [0.5, 0.6) is 0 Å². The van der Waals surface area contributed by atoms with Crippen molar-refractivity contribution >= 4 is 24.3 Å². The topological polar surface area (TPSA) is 44.8 Å². The van der Waals surface area contributed by atoms with Crippen LogP contribution in [0.4, 0.5) is 0 Å². The zero-order valence-corrected chi connectivity index (χ0v) is 24.6. The molecule has 1 rings (SSSR count). The van der Waals surface area contributed by atoms with E-state index in [1.54, 1.807) is 0 Å². The van der Waals surface area contributed by atoms with Crippen molar-refractivity contribution in [2.24, 2.45) is 0 Å². The average molecular weight is 545 g/mol. The van der Waals surface area contributed by atoms with Gasteiger partial charge in [-0.05, 0) is 0 Å². The van der Waals surface area contributed by atoms with Crippen LogP contribution in [-0.4, -0.2) is 47.9 Å². The predicted octanol–water partition coefficient (Wildman–Crippen LogP) is 7.57. The van der Waals surface area contributed by atoms with Gasteiger partial charge < -0.3 is 0 Å². The van der Waals surface area contributed by atoms with Crippen LogP contribution in [0, 0.1) is 0 Å². The number of esters is 1. The van der Waals surface area contributed by atoms with E-state index in [2.05, 4.69) is 30.9 Å². The minimum absolute atomic E-state index is 0.0112.